The van der Waals surface area contributed by atoms with Gasteiger partial charge in [0.15, 0.2) is 0 Å². The Labute approximate surface area is 137 Å². The molecule has 0 radical (unpaired) electrons. The van der Waals surface area contributed by atoms with Gasteiger partial charge in [0, 0.05) is 0 Å². The summed E-state index contributed by atoms with van der Waals surface area (Å²) in [5, 5.41) is 3.42. The molecule has 2 unspecified atom stereocenters. The summed E-state index contributed by atoms with van der Waals surface area (Å²) in [6, 6.07) is 4.48. The number of benzene rings is 1. The zero-order valence-electron chi connectivity index (χ0n) is 11.6. The molecule has 0 spiro atoms. The summed E-state index contributed by atoms with van der Waals surface area (Å²) >= 11 is 9.57. The van der Waals surface area contributed by atoms with Gasteiger partial charge in [0.1, 0.15) is 12.1 Å². The third-order valence-electron chi connectivity index (χ3n) is 4.09. The first kappa shape index (κ1) is 14.9. The highest BCUT2D eigenvalue weighted by Gasteiger charge is 2.47. The van der Waals surface area contributed by atoms with E-state index in [-0.39, 0.29) is 17.7 Å². The van der Waals surface area contributed by atoms with Crippen LogP contribution < -0.4 is 10.2 Å². The minimum Gasteiger partial charge on any atom is -0.342 e. The van der Waals surface area contributed by atoms with Crippen molar-refractivity contribution in [2.24, 2.45) is 5.92 Å². The number of carbonyl (C=O) groups excluding carboxylic acids is 2. The number of halogens is 2. The van der Waals surface area contributed by atoms with E-state index < -0.39 is 12.1 Å². The number of anilines is 1. The second-order valence-electron chi connectivity index (χ2n) is 5.53. The Balaban J connectivity index is 2.04. The molecule has 2 fully saturated rings. The maximum Gasteiger partial charge on any atom is 0.250 e. The molecular weight excluding hydrogens is 356 g/mol. The molecule has 2 aliphatic rings. The lowest BCUT2D eigenvalue weighted by atomic mass is 10.0. The van der Waals surface area contributed by atoms with Crippen molar-refractivity contribution in [1.82, 2.24) is 5.32 Å². The predicted molar refractivity (Wildman–Crippen MR) is 85.4 cm³/mol. The molecule has 112 valence electrons. The summed E-state index contributed by atoms with van der Waals surface area (Å²) in [5.41, 5.74) is 0.667. The van der Waals surface area contributed by atoms with E-state index in [9.17, 15) is 9.59 Å². The zero-order valence-corrected chi connectivity index (χ0v) is 13.9. The Morgan fingerprint density at radius 2 is 2.10 bits per heavy atom. The van der Waals surface area contributed by atoms with E-state index in [4.69, 9.17) is 11.6 Å². The number of hydrogen-bond acceptors (Lipinski definition) is 2. The molecule has 1 saturated heterocycles. The molecule has 2 atom stereocenters. The van der Waals surface area contributed by atoms with Gasteiger partial charge in [-0.05, 0) is 53.2 Å². The molecule has 2 amide bonds. The smallest absolute Gasteiger partial charge is 0.250 e. The molecule has 3 rings (SSSR count). The number of carbonyl (C=O) groups is 2. The molecule has 1 aromatic rings. The first-order valence-corrected chi connectivity index (χ1v) is 8.29. The minimum absolute atomic E-state index is 0.0353. The van der Waals surface area contributed by atoms with Crippen LogP contribution in [0.15, 0.2) is 22.7 Å². The number of amides is 2. The van der Waals surface area contributed by atoms with E-state index in [1.165, 1.54) is 0 Å². The normalized spacial score (nSPS) is 26.0. The van der Waals surface area contributed by atoms with E-state index in [0.29, 0.717) is 21.6 Å². The van der Waals surface area contributed by atoms with Gasteiger partial charge in [-0.3, -0.25) is 14.5 Å². The number of piperazine rings is 1. The topological polar surface area (TPSA) is 49.4 Å². The lowest BCUT2D eigenvalue weighted by molar-refractivity contribution is -0.134. The van der Waals surface area contributed by atoms with Crippen molar-refractivity contribution in [3.63, 3.8) is 0 Å². The average Bonchev–Trinajstić information content (AvgIpc) is 3.28. The van der Waals surface area contributed by atoms with Gasteiger partial charge in [-0.1, -0.05) is 24.6 Å². The highest BCUT2D eigenvalue weighted by molar-refractivity contribution is 9.10. The van der Waals surface area contributed by atoms with E-state index in [1.54, 1.807) is 17.0 Å². The van der Waals surface area contributed by atoms with Crippen LogP contribution in [0.3, 0.4) is 0 Å². The van der Waals surface area contributed by atoms with Crippen LogP contribution in [0.5, 0.6) is 0 Å². The SMILES string of the molecule is CCC1C(=O)NC(C2CC2)C(=O)N1c1cccc(Cl)c1Br. The van der Waals surface area contributed by atoms with E-state index in [1.807, 2.05) is 13.0 Å². The van der Waals surface area contributed by atoms with Gasteiger partial charge in [0.25, 0.3) is 5.91 Å². The Kier molecular flexibility index (Phi) is 3.97. The molecule has 1 saturated carbocycles. The van der Waals surface area contributed by atoms with Crippen LogP contribution in [0.4, 0.5) is 5.69 Å². The summed E-state index contributed by atoms with van der Waals surface area (Å²) in [7, 11) is 0. The molecule has 1 aliphatic carbocycles. The molecule has 0 bridgehead atoms. The minimum atomic E-state index is -0.484. The second-order valence-corrected chi connectivity index (χ2v) is 6.73. The van der Waals surface area contributed by atoms with Gasteiger partial charge in [-0.15, -0.1) is 0 Å². The van der Waals surface area contributed by atoms with Crippen LogP contribution in [0.2, 0.25) is 5.02 Å². The van der Waals surface area contributed by atoms with Gasteiger partial charge in [-0.25, -0.2) is 0 Å². The summed E-state index contributed by atoms with van der Waals surface area (Å²) in [6.07, 6.45) is 2.56. The summed E-state index contributed by atoms with van der Waals surface area (Å²) < 4.78 is 0.655. The Morgan fingerprint density at radius 3 is 2.71 bits per heavy atom. The summed E-state index contributed by atoms with van der Waals surface area (Å²) in [5.74, 6) is 0.160. The van der Waals surface area contributed by atoms with Crippen molar-refractivity contribution in [1.29, 1.82) is 0 Å². The molecular formula is C15H16BrClN2O2. The predicted octanol–water partition coefficient (Wildman–Crippen LogP) is 3.12. The van der Waals surface area contributed by atoms with Crippen molar-refractivity contribution < 1.29 is 9.59 Å². The third kappa shape index (κ3) is 2.57. The zero-order chi connectivity index (χ0) is 15.1. The standard InChI is InChI=1S/C15H16BrClN2O2/c1-2-10-14(20)18-13(8-6-7-8)15(21)19(10)11-5-3-4-9(17)12(11)16/h3-5,8,10,13H,2,6-7H2,1H3,(H,18,20). The highest BCUT2D eigenvalue weighted by Crippen LogP contribution is 2.39. The van der Waals surface area contributed by atoms with Crippen molar-refractivity contribution in [3.8, 4) is 0 Å². The lowest BCUT2D eigenvalue weighted by Crippen LogP contribution is -2.64. The van der Waals surface area contributed by atoms with Crippen molar-refractivity contribution in [3.05, 3.63) is 27.7 Å². The summed E-state index contributed by atoms with van der Waals surface area (Å²) in [6.45, 7) is 1.90. The Hall–Kier alpha value is -1.07. The van der Waals surface area contributed by atoms with E-state index in [2.05, 4.69) is 21.2 Å². The molecule has 6 heteroatoms. The van der Waals surface area contributed by atoms with Crippen LogP contribution in [0.1, 0.15) is 26.2 Å². The molecule has 1 N–H and O–H groups in total. The van der Waals surface area contributed by atoms with Crippen molar-refractivity contribution in [2.45, 2.75) is 38.3 Å². The molecule has 4 nitrogen and oxygen atoms in total. The molecule has 1 heterocycles. The fourth-order valence-corrected chi connectivity index (χ4v) is 3.44. The number of nitrogens with zero attached hydrogens (tertiary/aromatic N) is 1. The van der Waals surface area contributed by atoms with E-state index >= 15 is 0 Å². The molecule has 1 aliphatic heterocycles. The number of rotatable bonds is 3. The van der Waals surface area contributed by atoms with Crippen LogP contribution >= 0.6 is 27.5 Å². The molecule has 21 heavy (non-hydrogen) atoms. The van der Waals surface area contributed by atoms with Crippen LogP contribution in [0.25, 0.3) is 0 Å². The van der Waals surface area contributed by atoms with Gasteiger partial charge < -0.3 is 5.32 Å². The van der Waals surface area contributed by atoms with Crippen LogP contribution in [-0.2, 0) is 9.59 Å². The maximum atomic E-state index is 12.8. The van der Waals surface area contributed by atoms with Gasteiger partial charge in [-0.2, -0.15) is 0 Å². The first-order valence-electron chi connectivity index (χ1n) is 7.12. The van der Waals surface area contributed by atoms with E-state index in [0.717, 1.165) is 12.8 Å². The van der Waals surface area contributed by atoms with Crippen molar-refractivity contribution in [2.75, 3.05) is 4.90 Å². The van der Waals surface area contributed by atoms with Crippen molar-refractivity contribution >= 4 is 45.0 Å². The second kappa shape index (κ2) is 5.61. The third-order valence-corrected chi connectivity index (χ3v) is 5.46. The molecule has 1 aromatic carbocycles. The van der Waals surface area contributed by atoms with Crippen LogP contribution in [0, 0.1) is 5.92 Å². The monoisotopic (exact) mass is 370 g/mol. The fourth-order valence-electron chi connectivity index (χ4n) is 2.81. The number of nitrogens with one attached hydrogen (secondary N) is 1. The average molecular weight is 372 g/mol. The Morgan fingerprint density at radius 1 is 1.38 bits per heavy atom. The van der Waals surface area contributed by atoms with Gasteiger partial charge >= 0.3 is 0 Å². The van der Waals surface area contributed by atoms with Gasteiger partial charge in [0.05, 0.1) is 15.2 Å². The molecule has 0 aromatic heterocycles. The first-order chi connectivity index (χ1) is 10.0. The fraction of sp³-hybridized carbons (Fsp3) is 0.467. The van der Waals surface area contributed by atoms with Gasteiger partial charge in [0.2, 0.25) is 5.91 Å². The maximum absolute atomic E-state index is 12.8. The summed E-state index contributed by atoms with van der Waals surface area (Å²) in [4.78, 5) is 26.8. The lowest BCUT2D eigenvalue weighted by Gasteiger charge is -2.39. The number of hydrogen-bond donors (Lipinski definition) is 1. The van der Waals surface area contributed by atoms with Crippen LogP contribution in [-0.4, -0.2) is 23.9 Å². The quantitative estimate of drug-likeness (QED) is 0.887. The highest BCUT2D eigenvalue weighted by atomic mass is 79.9. The Bertz CT molecular complexity index is 603. The largest absolute Gasteiger partial charge is 0.342 e.